The van der Waals surface area contributed by atoms with Crippen LogP contribution in [0.1, 0.15) is 31.7 Å². The summed E-state index contributed by atoms with van der Waals surface area (Å²) in [5, 5.41) is 5.71. The lowest BCUT2D eigenvalue weighted by Crippen LogP contribution is -2.56. The van der Waals surface area contributed by atoms with Crippen LogP contribution in [0, 0.1) is 5.92 Å². The third-order valence-corrected chi connectivity index (χ3v) is 4.86. The van der Waals surface area contributed by atoms with E-state index in [4.69, 9.17) is 0 Å². The SMILES string of the molecule is CCC1C(=O)NCCN1C(=O)CCC1Cc2ccccc2NC1=O. The number of carbonyl (C=O) groups excluding carboxylic acids is 3. The van der Waals surface area contributed by atoms with Gasteiger partial charge in [-0.15, -0.1) is 0 Å². The zero-order chi connectivity index (χ0) is 17.1. The van der Waals surface area contributed by atoms with Gasteiger partial charge in [-0.1, -0.05) is 25.1 Å². The van der Waals surface area contributed by atoms with Crippen molar-refractivity contribution in [3.05, 3.63) is 29.8 Å². The van der Waals surface area contributed by atoms with Gasteiger partial charge in [-0.2, -0.15) is 0 Å². The number of nitrogens with one attached hydrogen (secondary N) is 2. The van der Waals surface area contributed by atoms with Gasteiger partial charge >= 0.3 is 0 Å². The number of fused-ring (bicyclic) bond motifs is 1. The fourth-order valence-electron chi connectivity index (χ4n) is 3.51. The van der Waals surface area contributed by atoms with Crippen LogP contribution in [0.2, 0.25) is 0 Å². The monoisotopic (exact) mass is 329 g/mol. The summed E-state index contributed by atoms with van der Waals surface area (Å²) in [6.45, 7) is 2.95. The first-order chi connectivity index (χ1) is 11.6. The summed E-state index contributed by atoms with van der Waals surface area (Å²) in [7, 11) is 0. The molecule has 2 unspecified atom stereocenters. The van der Waals surface area contributed by atoms with Gasteiger partial charge in [0.15, 0.2) is 0 Å². The molecule has 2 heterocycles. The molecule has 2 N–H and O–H groups in total. The summed E-state index contributed by atoms with van der Waals surface area (Å²) >= 11 is 0. The number of carbonyl (C=O) groups is 3. The van der Waals surface area contributed by atoms with Crippen LogP contribution in [0.4, 0.5) is 5.69 Å². The van der Waals surface area contributed by atoms with Crippen LogP contribution < -0.4 is 10.6 Å². The van der Waals surface area contributed by atoms with Crippen molar-refractivity contribution in [3.63, 3.8) is 0 Å². The Morgan fingerprint density at radius 1 is 1.25 bits per heavy atom. The molecule has 6 heteroatoms. The first-order valence-electron chi connectivity index (χ1n) is 8.56. The normalized spacial score (nSPS) is 23.3. The van der Waals surface area contributed by atoms with Gasteiger partial charge < -0.3 is 15.5 Å². The lowest BCUT2D eigenvalue weighted by molar-refractivity contribution is -0.143. The molecule has 24 heavy (non-hydrogen) atoms. The number of para-hydroxylation sites is 1. The van der Waals surface area contributed by atoms with Crippen molar-refractivity contribution in [2.45, 2.75) is 38.6 Å². The second kappa shape index (κ2) is 7.03. The Kier molecular flexibility index (Phi) is 4.83. The maximum Gasteiger partial charge on any atom is 0.242 e. The van der Waals surface area contributed by atoms with Gasteiger partial charge in [-0.25, -0.2) is 0 Å². The number of nitrogens with zero attached hydrogens (tertiary/aromatic N) is 1. The minimum atomic E-state index is -0.382. The number of hydrogen-bond acceptors (Lipinski definition) is 3. The van der Waals surface area contributed by atoms with Crippen LogP contribution >= 0.6 is 0 Å². The minimum absolute atomic E-state index is 0.0232. The standard InChI is InChI=1S/C18H23N3O3/c1-2-15-18(24)19-9-10-21(15)16(22)8-7-13-11-12-5-3-4-6-14(12)20-17(13)23/h3-6,13,15H,2,7-11H2,1H3,(H,19,24)(H,20,23). The Morgan fingerprint density at radius 3 is 2.83 bits per heavy atom. The smallest absolute Gasteiger partial charge is 0.242 e. The summed E-state index contributed by atoms with van der Waals surface area (Å²) in [5.41, 5.74) is 1.97. The molecule has 0 aliphatic carbocycles. The van der Waals surface area contributed by atoms with Gasteiger partial charge in [0.2, 0.25) is 17.7 Å². The van der Waals surface area contributed by atoms with Crippen molar-refractivity contribution in [2.75, 3.05) is 18.4 Å². The number of piperazine rings is 1. The van der Waals surface area contributed by atoms with Crippen molar-refractivity contribution in [1.82, 2.24) is 10.2 Å². The van der Waals surface area contributed by atoms with Crippen molar-refractivity contribution >= 4 is 23.4 Å². The second-order valence-corrected chi connectivity index (χ2v) is 6.39. The van der Waals surface area contributed by atoms with Crippen molar-refractivity contribution < 1.29 is 14.4 Å². The quantitative estimate of drug-likeness (QED) is 0.874. The number of benzene rings is 1. The van der Waals surface area contributed by atoms with E-state index in [9.17, 15) is 14.4 Å². The molecule has 0 aromatic heterocycles. The maximum absolute atomic E-state index is 12.5. The Labute approximate surface area is 141 Å². The molecule has 6 nitrogen and oxygen atoms in total. The van der Waals surface area contributed by atoms with Crippen LogP contribution in [0.3, 0.4) is 0 Å². The number of rotatable bonds is 4. The third-order valence-electron chi connectivity index (χ3n) is 4.86. The Bertz CT molecular complexity index is 659. The van der Waals surface area contributed by atoms with Gasteiger partial charge in [0.1, 0.15) is 6.04 Å². The van der Waals surface area contributed by atoms with E-state index in [0.717, 1.165) is 11.3 Å². The summed E-state index contributed by atoms with van der Waals surface area (Å²) in [6, 6.07) is 7.37. The predicted octanol–water partition coefficient (Wildman–Crippen LogP) is 1.31. The molecule has 1 aromatic rings. The molecule has 0 bridgehead atoms. The Hall–Kier alpha value is -2.37. The third kappa shape index (κ3) is 3.27. The molecule has 0 saturated carbocycles. The van der Waals surface area contributed by atoms with Crippen LogP contribution in [0.5, 0.6) is 0 Å². The first kappa shape index (κ1) is 16.5. The van der Waals surface area contributed by atoms with Crippen molar-refractivity contribution in [3.8, 4) is 0 Å². The predicted molar refractivity (Wildman–Crippen MR) is 90.3 cm³/mol. The van der Waals surface area contributed by atoms with Gasteiger partial charge in [-0.3, -0.25) is 14.4 Å². The van der Waals surface area contributed by atoms with Gasteiger partial charge in [0.05, 0.1) is 0 Å². The highest BCUT2D eigenvalue weighted by Crippen LogP contribution is 2.27. The van der Waals surface area contributed by atoms with E-state index >= 15 is 0 Å². The largest absolute Gasteiger partial charge is 0.353 e. The molecular formula is C18H23N3O3. The van der Waals surface area contributed by atoms with E-state index in [1.165, 1.54) is 0 Å². The molecule has 3 rings (SSSR count). The van der Waals surface area contributed by atoms with Gasteiger partial charge in [-0.05, 0) is 30.9 Å². The van der Waals surface area contributed by atoms with E-state index in [-0.39, 0.29) is 29.7 Å². The summed E-state index contributed by atoms with van der Waals surface area (Å²) < 4.78 is 0. The average molecular weight is 329 g/mol. The van der Waals surface area contributed by atoms with E-state index in [2.05, 4.69) is 10.6 Å². The molecule has 3 amide bonds. The van der Waals surface area contributed by atoms with Crippen LogP contribution in [-0.2, 0) is 20.8 Å². The van der Waals surface area contributed by atoms with Gasteiger partial charge in [0.25, 0.3) is 0 Å². The Balaban J connectivity index is 1.60. The fraction of sp³-hybridized carbons (Fsp3) is 0.500. The molecule has 0 radical (unpaired) electrons. The highest BCUT2D eigenvalue weighted by atomic mass is 16.2. The molecule has 2 aliphatic heterocycles. The van der Waals surface area contributed by atoms with E-state index in [0.29, 0.717) is 38.8 Å². The van der Waals surface area contributed by atoms with E-state index in [1.807, 2.05) is 31.2 Å². The molecule has 0 spiro atoms. The molecule has 1 aromatic carbocycles. The minimum Gasteiger partial charge on any atom is -0.353 e. The first-order valence-corrected chi connectivity index (χ1v) is 8.56. The van der Waals surface area contributed by atoms with E-state index in [1.54, 1.807) is 4.90 Å². The van der Waals surface area contributed by atoms with Crippen LogP contribution in [0.25, 0.3) is 0 Å². The molecule has 128 valence electrons. The topological polar surface area (TPSA) is 78.5 Å². The van der Waals surface area contributed by atoms with E-state index < -0.39 is 0 Å². The highest BCUT2D eigenvalue weighted by molar-refractivity contribution is 5.96. The highest BCUT2D eigenvalue weighted by Gasteiger charge is 2.32. The van der Waals surface area contributed by atoms with Crippen LogP contribution in [0.15, 0.2) is 24.3 Å². The molecule has 2 aliphatic rings. The summed E-state index contributed by atoms with van der Waals surface area (Å²) in [5.74, 6) is -0.336. The lowest BCUT2D eigenvalue weighted by Gasteiger charge is -2.35. The molecule has 1 fully saturated rings. The average Bonchev–Trinajstić information content (AvgIpc) is 2.59. The summed E-state index contributed by atoms with van der Waals surface area (Å²) in [4.78, 5) is 38.3. The molecule has 1 saturated heterocycles. The Morgan fingerprint density at radius 2 is 2.04 bits per heavy atom. The molecular weight excluding hydrogens is 306 g/mol. The number of amides is 3. The molecule has 2 atom stereocenters. The van der Waals surface area contributed by atoms with Crippen molar-refractivity contribution in [2.24, 2.45) is 5.92 Å². The summed E-state index contributed by atoms with van der Waals surface area (Å²) in [6.07, 6.45) is 2.07. The second-order valence-electron chi connectivity index (χ2n) is 6.39. The van der Waals surface area contributed by atoms with Gasteiger partial charge in [0, 0.05) is 31.1 Å². The van der Waals surface area contributed by atoms with Crippen molar-refractivity contribution in [1.29, 1.82) is 0 Å². The number of hydrogen-bond donors (Lipinski definition) is 2. The fourth-order valence-corrected chi connectivity index (χ4v) is 3.51. The zero-order valence-electron chi connectivity index (χ0n) is 13.9. The lowest BCUT2D eigenvalue weighted by atomic mass is 9.89. The number of anilines is 1. The maximum atomic E-state index is 12.5. The zero-order valence-corrected chi connectivity index (χ0v) is 13.9. The van der Waals surface area contributed by atoms with Crippen LogP contribution in [-0.4, -0.2) is 41.8 Å².